The third kappa shape index (κ3) is 3.75. The van der Waals surface area contributed by atoms with Gasteiger partial charge in [0.2, 0.25) is 0 Å². The summed E-state index contributed by atoms with van der Waals surface area (Å²) < 4.78 is 38.1. The van der Waals surface area contributed by atoms with Crippen molar-refractivity contribution in [1.29, 1.82) is 0 Å². The first-order valence-electron chi connectivity index (χ1n) is 6.21. The van der Waals surface area contributed by atoms with Crippen molar-refractivity contribution in [2.45, 2.75) is 6.92 Å². The lowest BCUT2D eigenvalue weighted by molar-refractivity contribution is 0.0523. The van der Waals surface area contributed by atoms with E-state index in [0.717, 1.165) is 12.1 Å². The molecule has 0 bridgehead atoms. The Kier molecular flexibility index (Phi) is 5.37. The minimum atomic E-state index is -0.798. The van der Waals surface area contributed by atoms with E-state index in [-0.39, 0.29) is 28.7 Å². The van der Waals surface area contributed by atoms with Crippen LogP contribution in [0.1, 0.15) is 17.3 Å². The topological polar surface area (TPSA) is 35.5 Å². The van der Waals surface area contributed by atoms with Gasteiger partial charge in [-0.25, -0.2) is 13.6 Å². The van der Waals surface area contributed by atoms with Crippen LogP contribution in [0.25, 0.3) is 0 Å². The van der Waals surface area contributed by atoms with Crippen molar-refractivity contribution >= 4 is 33.5 Å². The average Bonchev–Trinajstić information content (AvgIpc) is 2.45. The van der Waals surface area contributed by atoms with Crippen molar-refractivity contribution in [2.75, 3.05) is 6.61 Å². The van der Waals surface area contributed by atoms with Gasteiger partial charge in [0.05, 0.1) is 11.6 Å². The number of ether oxygens (including phenoxy) is 2. The molecular formula is C15H10BrClF2O3. The van der Waals surface area contributed by atoms with Crippen LogP contribution in [0.3, 0.4) is 0 Å². The van der Waals surface area contributed by atoms with Gasteiger partial charge in [-0.1, -0.05) is 27.5 Å². The van der Waals surface area contributed by atoms with Crippen LogP contribution in [0.4, 0.5) is 8.78 Å². The van der Waals surface area contributed by atoms with Crippen molar-refractivity contribution in [3.63, 3.8) is 0 Å². The molecule has 0 unspecified atom stereocenters. The molecule has 0 aliphatic carbocycles. The molecule has 2 aromatic carbocycles. The molecule has 0 amide bonds. The first-order valence-corrected chi connectivity index (χ1v) is 7.38. The minimum absolute atomic E-state index is 0.0916. The maximum Gasteiger partial charge on any atom is 0.342 e. The van der Waals surface area contributed by atoms with Gasteiger partial charge in [0.15, 0.2) is 11.6 Å². The molecule has 0 saturated heterocycles. The number of benzene rings is 2. The molecule has 0 atom stereocenters. The normalized spacial score (nSPS) is 10.4. The van der Waals surface area contributed by atoms with E-state index in [1.165, 1.54) is 12.1 Å². The van der Waals surface area contributed by atoms with Crippen LogP contribution >= 0.6 is 27.5 Å². The second kappa shape index (κ2) is 7.07. The third-order valence-corrected chi connectivity index (χ3v) is 3.41. The van der Waals surface area contributed by atoms with Crippen LogP contribution in [0.15, 0.2) is 34.8 Å². The Bertz CT molecular complexity index is 722. The number of rotatable bonds is 4. The van der Waals surface area contributed by atoms with E-state index in [2.05, 4.69) is 15.9 Å². The van der Waals surface area contributed by atoms with Gasteiger partial charge in [-0.15, -0.1) is 0 Å². The third-order valence-electron chi connectivity index (χ3n) is 2.63. The molecule has 0 aliphatic heterocycles. The van der Waals surface area contributed by atoms with Crippen molar-refractivity contribution in [1.82, 2.24) is 0 Å². The molecule has 3 nitrogen and oxygen atoms in total. The number of carbonyl (C=O) groups excluding carboxylic acids is 1. The second-order valence-electron chi connectivity index (χ2n) is 4.16. The monoisotopic (exact) mass is 390 g/mol. The fraction of sp³-hybridized carbons (Fsp3) is 0.133. The molecule has 0 saturated carbocycles. The Morgan fingerprint density at radius 2 is 1.91 bits per heavy atom. The Hall–Kier alpha value is -1.66. The molecule has 22 heavy (non-hydrogen) atoms. The lowest BCUT2D eigenvalue weighted by atomic mass is 10.2. The minimum Gasteiger partial charge on any atom is -0.462 e. The van der Waals surface area contributed by atoms with Crippen LogP contribution in [0, 0.1) is 11.6 Å². The summed E-state index contributed by atoms with van der Waals surface area (Å²) >= 11 is 8.81. The first kappa shape index (κ1) is 16.7. The molecule has 0 fully saturated rings. The molecule has 0 heterocycles. The lowest BCUT2D eigenvalue weighted by Gasteiger charge is -2.12. The van der Waals surface area contributed by atoms with Crippen LogP contribution in [-0.4, -0.2) is 12.6 Å². The van der Waals surface area contributed by atoms with Crippen LogP contribution in [0.5, 0.6) is 11.5 Å². The zero-order valence-electron chi connectivity index (χ0n) is 11.3. The fourth-order valence-corrected chi connectivity index (χ4v) is 2.14. The highest BCUT2D eigenvalue weighted by Crippen LogP contribution is 2.33. The van der Waals surface area contributed by atoms with Crippen LogP contribution in [0.2, 0.25) is 5.02 Å². The van der Waals surface area contributed by atoms with Gasteiger partial charge < -0.3 is 9.47 Å². The molecule has 7 heteroatoms. The number of hydrogen-bond donors (Lipinski definition) is 0. The standard InChI is InChI=1S/C15H10BrClF2O3/c1-2-21-15(20)9-6-11(18)10(17)7-14(9)22-13-4-3-8(16)5-12(13)19/h3-7H,2H2,1H3. The zero-order chi connectivity index (χ0) is 16.3. The quantitative estimate of drug-likeness (QED) is 0.659. The van der Waals surface area contributed by atoms with Crippen molar-refractivity contribution in [3.05, 3.63) is 57.0 Å². The van der Waals surface area contributed by atoms with E-state index in [9.17, 15) is 13.6 Å². The van der Waals surface area contributed by atoms with Crippen molar-refractivity contribution < 1.29 is 23.0 Å². The molecule has 0 N–H and O–H groups in total. The predicted octanol–water partition coefficient (Wildman–Crippen LogP) is 5.35. The summed E-state index contributed by atoms with van der Waals surface area (Å²) in [6.45, 7) is 1.72. The SMILES string of the molecule is CCOC(=O)c1cc(F)c(Cl)cc1Oc1ccc(Br)cc1F. The average molecular weight is 392 g/mol. The number of hydrogen-bond acceptors (Lipinski definition) is 3. The Morgan fingerprint density at radius 1 is 1.18 bits per heavy atom. The Morgan fingerprint density at radius 3 is 2.55 bits per heavy atom. The number of carbonyl (C=O) groups is 1. The van der Waals surface area contributed by atoms with Crippen LogP contribution in [-0.2, 0) is 4.74 Å². The van der Waals surface area contributed by atoms with Gasteiger partial charge in [-0.3, -0.25) is 0 Å². The number of halogens is 4. The van der Waals surface area contributed by atoms with E-state index in [1.807, 2.05) is 0 Å². The highest BCUT2D eigenvalue weighted by molar-refractivity contribution is 9.10. The highest BCUT2D eigenvalue weighted by Gasteiger charge is 2.19. The predicted molar refractivity (Wildman–Crippen MR) is 81.5 cm³/mol. The van der Waals surface area contributed by atoms with Gasteiger partial charge in [-0.2, -0.15) is 0 Å². The lowest BCUT2D eigenvalue weighted by Crippen LogP contribution is -2.07. The summed E-state index contributed by atoms with van der Waals surface area (Å²) in [4.78, 5) is 11.8. The summed E-state index contributed by atoms with van der Waals surface area (Å²) in [5.41, 5.74) is -0.175. The van der Waals surface area contributed by atoms with E-state index < -0.39 is 17.6 Å². The van der Waals surface area contributed by atoms with Gasteiger partial charge in [0, 0.05) is 10.5 Å². The molecular weight excluding hydrogens is 382 g/mol. The van der Waals surface area contributed by atoms with Gasteiger partial charge >= 0.3 is 5.97 Å². The summed E-state index contributed by atoms with van der Waals surface area (Å²) in [6, 6.07) is 6.13. The molecule has 0 radical (unpaired) electrons. The molecule has 116 valence electrons. The Labute approximate surface area is 138 Å². The summed E-state index contributed by atoms with van der Waals surface area (Å²) in [5.74, 6) is -2.45. The summed E-state index contributed by atoms with van der Waals surface area (Å²) in [5, 5.41) is -0.249. The summed E-state index contributed by atoms with van der Waals surface area (Å²) in [7, 11) is 0. The number of esters is 1. The second-order valence-corrected chi connectivity index (χ2v) is 5.48. The smallest absolute Gasteiger partial charge is 0.342 e. The van der Waals surface area contributed by atoms with Crippen molar-refractivity contribution in [2.24, 2.45) is 0 Å². The highest BCUT2D eigenvalue weighted by atomic mass is 79.9. The van der Waals surface area contributed by atoms with Gasteiger partial charge in [-0.05, 0) is 31.2 Å². The van der Waals surface area contributed by atoms with E-state index in [4.69, 9.17) is 21.1 Å². The fourth-order valence-electron chi connectivity index (χ4n) is 1.66. The molecule has 0 aromatic heterocycles. The maximum atomic E-state index is 13.8. The molecule has 0 spiro atoms. The Balaban J connectivity index is 2.44. The van der Waals surface area contributed by atoms with E-state index in [1.54, 1.807) is 13.0 Å². The molecule has 2 rings (SSSR count). The van der Waals surface area contributed by atoms with E-state index in [0.29, 0.717) is 4.47 Å². The van der Waals surface area contributed by atoms with Gasteiger partial charge in [0.25, 0.3) is 0 Å². The van der Waals surface area contributed by atoms with Crippen LogP contribution < -0.4 is 4.74 Å². The zero-order valence-corrected chi connectivity index (χ0v) is 13.7. The van der Waals surface area contributed by atoms with Crippen molar-refractivity contribution in [3.8, 4) is 11.5 Å². The molecule has 0 aliphatic rings. The largest absolute Gasteiger partial charge is 0.462 e. The maximum absolute atomic E-state index is 13.8. The van der Waals surface area contributed by atoms with E-state index >= 15 is 0 Å². The first-order chi connectivity index (χ1) is 10.4. The summed E-state index contributed by atoms with van der Waals surface area (Å²) in [6.07, 6.45) is 0. The van der Waals surface area contributed by atoms with Gasteiger partial charge in [0.1, 0.15) is 17.1 Å². The molecule has 2 aromatic rings.